The number of carbonyl (C=O) groups is 1. The van der Waals surface area contributed by atoms with Crippen LogP contribution in [0.2, 0.25) is 0 Å². The lowest BCUT2D eigenvalue weighted by molar-refractivity contribution is 0.0996. The van der Waals surface area contributed by atoms with Crippen LogP contribution in [0.5, 0.6) is 0 Å². The molecule has 1 aliphatic rings. The van der Waals surface area contributed by atoms with Crippen LogP contribution in [0, 0.1) is 0 Å². The van der Waals surface area contributed by atoms with Gasteiger partial charge in [-0.3, -0.25) is 9.48 Å². The number of nitrogens with zero attached hydrogens (tertiary/aromatic N) is 2. The summed E-state index contributed by atoms with van der Waals surface area (Å²) in [5.74, 6) is 0.690. The van der Waals surface area contributed by atoms with Gasteiger partial charge in [-0.2, -0.15) is 5.10 Å². The van der Waals surface area contributed by atoms with E-state index in [0.29, 0.717) is 5.92 Å². The zero-order valence-corrected chi connectivity index (χ0v) is 10.6. The van der Waals surface area contributed by atoms with Crippen molar-refractivity contribution in [1.29, 1.82) is 0 Å². The predicted octanol–water partition coefficient (Wildman–Crippen LogP) is 3.11. The third-order valence-corrected chi connectivity index (χ3v) is 3.25. The van der Waals surface area contributed by atoms with Gasteiger partial charge in [0.25, 0.3) is 0 Å². The Balaban J connectivity index is 2.41. The van der Waals surface area contributed by atoms with Crippen molar-refractivity contribution < 1.29 is 4.79 Å². The molecule has 0 aromatic carbocycles. The Hall–Kier alpha value is -1.12. The Morgan fingerprint density at radius 1 is 1.44 bits per heavy atom. The van der Waals surface area contributed by atoms with Gasteiger partial charge in [-0.1, -0.05) is 6.42 Å². The highest BCUT2D eigenvalue weighted by Gasteiger charge is 2.27. The zero-order chi connectivity index (χ0) is 11.9. The fourth-order valence-corrected chi connectivity index (χ4v) is 2.07. The van der Waals surface area contributed by atoms with Gasteiger partial charge >= 0.3 is 0 Å². The van der Waals surface area contributed by atoms with Gasteiger partial charge in [-0.15, -0.1) is 0 Å². The fraction of sp³-hybridized carbons (Fsp3) is 0.692. The molecule has 1 saturated carbocycles. The molecule has 1 heterocycles. The lowest BCUT2D eigenvalue weighted by atomic mass is 9.83. The second-order valence-electron chi connectivity index (χ2n) is 5.72. The number of carbonyl (C=O) groups excluding carboxylic acids is 1. The van der Waals surface area contributed by atoms with E-state index in [2.05, 4.69) is 25.9 Å². The topological polar surface area (TPSA) is 34.9 Å². The first-order valence-electron chi connectivity index (χ1n) is 6.01. The molecule has 1 aliphatic carbocycles. The summed E-state index contributed by atoms with van der Waals surface area (Å²) < 4.78 is 1.88. The minimum atomic E-state index is -0.122. The highest BCUT2D eigenvalue weighted by atomic mass is 16.1. The molecule has 3 nitrogen and oxygen atoms in total. The second-order valence-corrected chi connectivity index (χ2v) is 5.72. The number of Topliss-reactive ketones (excluding diaryl/α,β-unsaturated/α-hetero) is 1. The highest BCUT2D eigenvalue weighted by molar-refractivity contribution is 5.92. The maximum atomic E-state index is 11.6. The molecule has 0 radical (unpaired) electrons. The smallest absolute Gasteiger partial charge is 0.177 e. The molecular formula is C13H20N2O. The van der Waals surface area contributed by atoms with E-state index in [4.69, 9.17) is 0 Å². The lowest BCUT2D eigenvalue weighted by Gasteiger charge is -2.24. The molecular weight excluding hydrogens is 200 g/mol. The maximum absolute atomic E-state index is 11.6. The lowest BCUT2D eigenvalue weighted by Crippen LogP contribution is -2.26. The first-order chi connectivity index (χ1) is 7.39. The molecule has 0 saturated heterocycles. The van der Waals surface area contributed by atoms with Gasteiger partial charge in [0.15, 0.2) is 5.78 Å². The highest BCUT2D eigenvalue weighted by Crippen LogP contribution is 2.36. The van der Waals surface area contributed by atoms with Crippen molar-refractivity contribution in [3.05, 3.63) is 17.5 Å². The van der Waals surface area contributed by atoms with Gasteiger partial charge in [0, 0.05) is 12.8 Å². The fourth-order valence-electron chi connectivity index (χ4n) is 2.07. The quantitative estimate of drug-likeness (QED) is 0.718. The van der Waals surface area contributed by atoms with Crippen molar-refractivity contribution in [1.82, 2.24) is 9.78 Å². The van der Waals surface area contributed by atoms with Crippen LogP contribution in [0.15, 0.2) is 6.07 Å². The number of hydrogen-bond donors (Lipinski definition) is 0. The molecule has 0 amide bonds. The van der Waals surface area contributed by atoms with Crippen molar-refractivity contribution in [3.63, 3.8) is 0 Å². The number of hydrogen-bond acceptors (Lipinski definition) is 2. The van der Waals surface area contributed by atoms with Crippen LogP contribution in [0.1, 0.15) is 69.1 Å². The zero-order valence-electron chi connectivity index (χ0n) is 10.6. The van der Waals surface area contributed by atoms with Crippen LogP contribution in [-0.2, 0) is 5.54 Å². The van der Waals surface area contributed by atoms with Crippen molar-refractivity contribution >= 4 is 5.78 Å². The van der Waals surface area contributed by atoms with Gasteiger partial charge in [-0.25, -0.2) is 0 Å². The Morgan fingerprint density at radius 3 is 2.38 bits per heavy atom. The summed E-state index contributed by atoms with van der Waals surface area (Å²) in [6, 6.07) is 1.98. The molecule has 2 rings (SSSR count). The van der Waals surface area contributed by atoms with Crippen LogP contribution in [-0.4, -0.2) is 15.6 Å². The van der Waals surface area contributed by atoms with E-state index in [-0.39, 0.29) is 11.3 Å². The summed E-state index contributed by atoms with van der Waals surface area (Å²) in [5.41, 5.74) is 1.73. The first kappa shape index (κ1) is 11.4. The van der Waals surface area contributed by atoms with Gasteiger partial charge < -0.3 is 0 Å². The third-order valence-electron chi connectivity index (χ3n) is 3.25. The summed E-state index contributed by atoms with van der Waals surface area (Å²) >= 11 is 0. The monoisotopic (exact) mass is 220 g/mol. The van der Waals surface area contributed by atoms with Crippen LogP contribution < -0.4 is 0 Å². The first-order valence-corrected chi connectivity index (χ1v) is 6.01. The summed E-state index contributed by atoms with van der Waals surface area (Å²) in [6.07, 6.45) is 3.74. The molecule has 0 atom stereocenters. The van der Waals surface area contributed by atoms with Crippen LogP contribution in [0.3, 0.4) is 0 Å². The maximum Gasteiger partial charge on any atom is 0.177 e. The Kier molecular flexibility index (Phi) is 2.64. The minimum absolute atomic E-state index is 0.105. The van der Waals surface area contributed by atoms with Crippen LogP contribution >= 0.6 is 0 Å². The number of rotatable bonds is 2. The summed E-state index contributed by atoms with van der Waals surface area (Å²) in [6.45, 7) is 7.86. The van der Waals surface area contributed by atoms with Crippen molar-refractivity contribution in [2.75, 3.05) is 0 Å². The molecule has 1 fully saturated rings. The molecule has 1 aromatic heterocycles. The number of aromatic nitrogens is 2. The van der Waals surface area contributed by atoms with E-state index in [1.54, 1.807) is 6.92 Å². The van der Waals surface area contributed by atoms with E-state index in [1.807, 2.05) is 10.7 Å². The van der Waals surface area contributed by atoms with E-state index in [9.17, 15) is 4.79 Å². The Labute approximate surface area is 96.8 Å². The van der Waals surface area contributed by atoms with Crippen LogP contribution in [0.4, 0.5) is 0 Å². The van der Waals surface area contributed by atoms with Crippen molar-refractivity contribution in [3.8, 4) is 0 Å². The largest absolute Gasteiger partial charge is 0.293 e. The van der Waals surface area contributed by atoms with Crippen LogP contribution in [0.25, 0.3) is 0 Å². The summed E-state index contributed by atoms with van der Waals surface area (Å²) in [7, 11) is 0. The summed E-state index contributed by atoms with van der Waals surface area (Å²) in [5, 5.41) is 4.62. The van der Waals surface area contributed by atoms with E-state index in [0.717, 1.165) is 11.4 Å². The van der Waals surface area contributed by atoms with Gasteiger partial charge in [-0.05, 0) is 39.7 Å². The molecule has 3 heteroatoms. The van der Waals surface area contributed by atoms with Gasteiger partial charge in [0.2, 0.25) is 0 Å². The standard InChI is InChI=1S/C13H20N2O/c1-9(16)12-8-11(10-6-5-7-10)14-15(12)13(2,3)4/h8,10H,5-7H2,1-4H3. The SMILES string of the molecule is CC(=O)c1cc(C2CCC2)nn1C(C)(C)C. The minimum Gasteiger partial charge on any atom is -0.293 e. The molecule has 0 spiro atoms. The summed E-state index contributed by atoms with van der Waals surface area (Å²) in [4.78, 5) is 11.6. The normalized spacial score (nSPS) is 17.2. The molecule has 88 valence electrons. The average Bonchev–Trinajstić information content (AvgIpc) is 2.44. The van der Waals surface area contributed by atoms with E-state index in [1.165, 1.54) is 19.3 Å². The van der Waals surface area contributed by atoms with Gasteiger partial charge in [0.1, 0.15) is 5.69 Å². The third kappa shape index (κ3) is 1.91. The van der Waals surface area contributed by atoms with Crippen molar-refractivity contribution in [2.45, 2.75) is 58.4 Å². The van der Waals surface area contributed by atoms with E-state index < -0.39 is 0 Å². The molecule has 0 aliphatic heterocycles. The van der Waals surface area contributed by atoms with Crippen molar-refractivity contribution in [2.24, 2.45) is 0 Å². The predicted molar refractivity (Wildman–Crippen MR) is 63.8 cm³/mol. The Bertz CT molecular complexity index is 408. The second kappa shape index (κ2) is 3.72. The molecule has 0 N–H and O–H groups in total. The van der Waals surface area contributed by atoms with E-state index >= 15 is 0 Å². The molecule has 16 heavy (non-hydrogen) atoms. The molecule has 0 bridgehead atoms. The molecule has 1 aromatic rings. The molecule has 0 unspecified atom stereocenters. The van der Waals surface area contributed by atoms with Gasteiger partial charge in [0.05, 0.1) is 11.2 Å². The number of ketones is 1. The average molecular weight is 220 g/mol. The Morgan fingerprint density at radius 2 is 2.06 bits per heavy atom.